The Bertz CT molecular complexity index is 605. The van der Waals surface area contributed by atoms with Gasteiger partial charge in [0.25, 0.3) is 5.89 Å². The summed E-state index contributed by atoms with van der Waals surface area (Å²) in [6.07, 6.45) is 2.66. The van der Waals surface area contributed by atoms with E-state index in [-0.39, 0.29) is 5.92 Å². The largest absolute Gasteiger partial charge is 0.381 e. The molecule has 0 unspecified atom stereocenters. The SMILES string of the molecule is Cc1nc(N(C)C)ncc1-c1nc([C@H]2CCOC2)no1. The van der Waals surface area contributed by atoms with E-state index >= 15 is 0 Å². The normalized spacial score (nSPS) is 18.4. The molecule has 106 valence electrons. The van der Waals surface area contributed by atoms with Crippen molar-refractivity contribution in [3.05, 3.63) is 17.7 Å². The van der Waals surface area contributed by atoms with E-state index in [1.165, 1.54) is 0 Å². The van der Waals surface area contributed by atoms with Crippen LogP contribution in [0.15, 0.2) is 10.7 Å². The van der Waals surface area contributed by atoms with Gasteiger partial charge in [0.2, 0.25) is 5.95 Å². The van der Waals surface area contributed by atoms with Gasteiger partial charge >= 0.3 is 0 Å². The van der Waals surface area contributed by atoms with Crippen LogP contribution < -0.4 is 4.90 Å². The highest BCUT2D eigenvalue weighted by atomic mass is 16.5. The number of nitrogens with zero attached hydrogens (tertiary/aromatic N) is 5. The number of aryl methyl sites for hydroxylation is 1. The summed E-state index contributed by atoms with van der Waals surface area (Å²) in [4.78, 5) is 15.0. The van der Waals surface area contributed by atoms with E-state index in [1.807, 2.05) is 25.9 Å². The minimum atomic E-state index is 0.231. The third-order valence-electron chi connectivity index (χ3n) is 3.33. The van der Waals surface area contributed by atoms with Gasteiger partial charge < -0.3 is 14.2 Å². The predicted octanol–water partition coefficient (Wildman–Crippen LogP) is 1.40. The van der Waals surface area contributed by atoms with Crippen molar-refractivity contribution in [3.8, 4) is 11.5 Å². The third kappa shape index (κ3) is 2.36. The first-order valence-electron chi connectivity index (χ1n) is 6.58. The molecule has 1 atom stereocenters. The molecule has 20 heavy (non-hydrogen) atoms. The lowest BCUT2D eigenvalue weighted by molar-refractivity contribution is 0.192. The number of hydrogen-bond acceptors (Lipinski definition) is 7. The second kappa shape index (κ2) is 5.16. The smallest absolute Gasteiger partial charge is 0.261 e. The van der Waals surface area contributed by atoms with Gasteiger partial charge in [-0.05, 0) is 13.3 Å². The summed E-state index contributed by atoms with van der Waals surface area (Å²) in [6, 6.07) is 0. The van der Waals surface area contributed by atoms with Crippen LogP contribution in [-0.4, -0.2) is 47.4 Å². The molecule has 0 bridgehead atoms. The molecule has 1 aliphatic heterocycles. The van der Waals surface area contributed by atoms with Crippen molar-refractivity contribution in [1.29, 1.82) is 0 Å². The number of anilines is 1. The van der Waals surface area contributed by atoms with Crippen LogP contribution in [0.4, 0.5) is 5.95 Å². The van der Waals surface area contributed by atoms with Gasteiger partial charge in [-0.3, -0.25) is 0 Å². The summed E-state index contributed by atoms with van der Waals surface area (Å²) in [5.74, 6) is 2.06. The molecule has 3 heterocycles. The van der Waals surface area contributed by atoms with Crippen LogP contribution in [0.5, 0.6) is 0 Å². The van der Waals surface area contributed by atoms with E-state index in [1.54, 1.807) is 6.20 Å². The van der Waals surface area contributed by atoms with Crippen molar-refractivity contribution in [1.82, 2.24) is 20.1 Å². The molecule has 0 radical (unpaired) electrons. The van der Waals surface area contributed by atoms with Gasteiger partial charge in [0.15, 0.2) is 5.82 Å². The topological polar surface area (TPSA) is 77.2 Å². The fourth-order valence-electron chi connectivity index (χ4n) is 2.13. The fraction of sp³-hybridized carbons (Fsp3) is 0.538. The minimum Gasteiger partial charge on any atom is -0.381 e. The van der Waals surface area contributed by atoms with Crippen LogP contribution in [-0.2, 0) is 4.74 Å². The highest BCUT2D eigenvalue weighted by Crippen LogP contribution is 2.26. The Morgan fingerprint density at radius 2 is 2.15 bits per heavy atom. The van der Waals surface area contributed by atoms with Crippen LogP contribution in [0.1, 0.15) is 23.9 Å². The Kier molecular flexibility index (Phi) is 3.35. The van der Waals surface area contributed by atoms with Crippen molar-refractivity contribution in [2.75, 3.05) is 32.2 Å². The summed E-state index contributed by atoms with van der Waals surface area (Å²) in [7, 11) is 3.80. The maximum atomic E-state index is 5.34. The zero-order chi connectivity index (χ0) is 14.1. The number of aromatic nitrogens is 4. The summed E-state index contributed by atoms with van der Waals surface area (Å²) in [5, 5.41) is 4.04. The maximum Gasteiger partial charge on any atom is 0.261 e. The van der Waals surface area contributed by atoms with Crippen LogP contribution in [0.2, 0.25) is 0 Å². The number of hydrogen-bond donors (Lipinski definition) is 0. The van der Waals surface area contributed by atoms with E-state index in [4.69, 9.17) is 9.26 Å². The van der Waals surface area contributed by atoms with Gasteiger partial charge in [-0.25, -0.2) is 9.97 Å². The second-order valence-corrected chi connectivity index (χ2v) is 5.08. The zero-order valence-electron chi connectivity index (χ0n) is 11.8. The lowest BCUT2D eigenvalue weighted by Gasteiger charge is -2.10. The van der Waals surface area contributed by atoms with Gasteiger partial charge in [0.1, 0.15) is 0 Å². The molecule has 1 aliphatic rings. The molecular weight excluding hydrogens is 258 g/mol. The molecule has 2 aromatic heterocycles. The molecule has 1 saturated heterocycles. The average Bonchev–Trinajstić information content (AvgIpc) is 3.09. The molecule has 0 aliphatic carbocycles. The third-order valence-corrected chi connectivity index (χ3v) is 3.33. The Balaban J connectivity index is 1.89. The van der Waals surface area contributed by atoms with Crippen molar-refractivity contribution in [2.24, 2.45) is 0 Å². The Morgan fingerprint density at radius 3 is 2.80 bits per heavy atom. The van der Waals surface area contributed by atoms with E-state index in [9.17, 15) is 0 Å². The monoisotopic (exact) mass is 275 g/mol. The molecule has 3 rings (SSSR count). The average molecular weight is 275 g/mol. The molecular formula is C13H17N5O2. The first-order chi connectivity index (χ1) is 9.65. The molecule has 0 amide bonds. The summed E-state index contributed by atoms with van der Waals surface area (Å²) < 4.78 is 10.7. The van der Waals surface area contributed by atoms with Crippen LogP contribution in [0.3, 0.4) is 0 Å². The van der Waals surface area contributed by atoms with E-state index < -0.39 is 0 Å². The van der Waals surface area contributed by atoms with Gasteiger partial charge in [0.05, 0.1) is 17.9 Å². The summed E-state index contributed by atoms with van der Waals surface area (Å²) in [6.45, 7) is 3.33. The zero-order valence-corrected chi connectivity index (χ0v) is 11.8. The highest BCUT2D eigenvalue weighted by molar-refractivity contribution is 5.55. The standard InChI is InChI=1S/C13H17N5O2/c1-8-10(6-14-13(15-8)18(2)3)12-16-11(17-20-12)9-4-5-19-7-9/h6,9H,4-5,7H2,1-3H3/t9-/m0/s1. The van der Waals surface area contributed by atoms with Gasteiger partial charge in [-0.2, -0.15) is 4.98 Å². The van der Waals surface area contributed by atoms with E-state index in [0.717, 1.165) is 24.3 Å². The quantitative estimate of drug-likeness (QED) is 0.838. The van der Waals surface area contributed by atoms with Gasteiger partial charge in [-0.15, -0.1) is 0 Å². The summed E-state index contributed by atoms with van der Waals surface area (Å²) in [5.41, 5.74) is 1.59. The number of ether oxygens (including phenoxy) is 1. The lowest BCUT2D eigenvalue weighted by atomic mass is 10.1. The van der Waals surface area contributed by atoms with Crippen molar-refractivity contribution in [2.45, 2.75) is 19.3 Å². The van der Waals surface area contributed by atoms with E-state index in [2.05, 4.69) is 20.1 Å². The fourth-order valence-corrected chi connectivity index (χ4v) is 2.13. The molecule has 2 aromatic rings. The Labute approximate surface area is 117 Å². The molecule has 7 heteroatoms. The van der Waals surface area contributed by atoms with E-state index in [0.29, 0.717) is 24.3 Å². The van der Waals surface area contributed by atoms with Gasteiger partial charge in [-0.1, -0.05) is 5.16 Å². The number of rotatable bonds is 3. The summed E-state index contributed by atoms with van der Waals surface area (Å²) >= 11 is 0. The molecule has 0 aromatic carbocycles. The van der Waals surface area contributed by atoms with Crippen LogP contribution in [0, 0.1) is 6.92 Å². The lowest BCUT2D eigenvalue weighted by Crippen LogP contribution is -2.13. The maximum absolute atomic E-state index is 5.34. The minimum absolute atomic E-state index is 0.231. The molecule has 1 fully saturated rings. The van der Waals surface area contributed by atoms with Crippen molar-refractivity contribution < 1.29 is 9.26 Å². The Morgan fingerprint density at radius 1 is 1.30 bits per heavy atom. The van der Waals surface area contributed by atoms with Gasteiger partial charge in [0, 0.05) is 32.8 Å². The molecule has 0 saturated carbocycles. The van der Waals surface area contributed by atoms with Crippen molar-refractivity contribution >= 4 is 5.95 Å². The Hall–Kier alpha value is -2.02. The first kappa shape index (κ1) is 13.0. The molecule has 0 spiro atoms. The van der Waals surface area contributed by atoms with Crippen LogP contribution in [0.25, 0.3) is 11.5 Å². The highest BCUT2D eigenvalue weighted by Gasteiger charge is 2.24. The molecule has 0 N–H and O–H groups in total. The molecule has 7 nitrogen and oxygen atoms in total. The first-order valence-corrected chi connectivity index (χ1v) is 6.58. The van der Waals surface area contributed by atoms with Crippen LogP contribution >= 0.6 is 0 Å². The van der Waals surface area contributed by atoms with Crippen molar-refractivity contribution in [3.63, 3.8) is 0 Å². The predicted molar refractivity (Wildman–Crippen MR) is 72.6 cm³/mol. The second-order valence-electron chi connectivity index (χ2n) is 5.08.